The lowest BCUT2D eigenvalue weighted by molar-refractivity contribution is 0.101. The molecule has 1 heterocycles. The molecule has 31 heavy (non-hydrogen) atoms. The van der Waals surface area contributed by atoms with Crippen molar-refractivity contribution >= 4 is 29.0 Å². The number of aromatic nitrogens is 1. The van der Waals surface area contributed by atoms with E-state index >= 15 is 0 Å². The average Bonchev–Trinajstić information content (AvgIpc) is 3.19. The first-order valence-electron chi connectivity index (χ1n) is 9.30. The molecule has 4 nitrogen and oxygen atoms in total. The number of methoxy groups -OCH3 is 1. The molecule has 2 aromatic carbocycles. The maximum Gasteiger partial charge on any atom is 0.261 e. The molecule has 9 heteroatoms. The third-order valence-electron chi connectivity index (χ3n) is 4.93. The van der Waals surface area contributed by atoms with Crippen LogP contribution in [0.3, 0.4) is 0 Å². The average molecular weight is 448 g/mol. The fourth-order valence-corrected chi connectivity index (χ4v) is 4.33. The summed E-state index contributed by atoms with van der Waals surface area (Å²) in [5.74, 6) is -9.77. The van der Waals surface area contributed by atoms with Gasteiger partial charge < -0.3 is 10.1 Å². The van der Waals surface area contributed by atoms with Gasteiger partial charge in [0.1, 0.15) is 10.6 Å². The van der Waals surface area contributed by atoms with Gasteiger partial charge in [-0.15, -0.1) is 11.3 Å². The molecule has 0 fully saturated rings. The molecule has 0 spiro atoms. The molecule has 1 aliphatic carbocycles. The minimum atomic E-state index is -1.83. The SMILES string of the molecule is COc1c(F)c(F)c(C(=O)Nc2cc(-c3nc4c(s3)CCC=C4)ccc2C)c(F)c1F. The molecule has 0 bridgehead atoms. The minimum absolute atomic E-state index is 0.238. The van der Waals surface area contributed by atoms with Crippen LogP contribution in [-0.2, 0) is 6.42 Å². The number of aryl methyl sites for hydroxylation is 2. The standard InChI is InChI=1S/C22H16F4N2O2S/c1-10-7-8-11(22-28-12-5-3-4-6-14(12)31-22)9-13(10)27-21(29)15-16(23)18(25)20(30-2)19(26)17(15)24/h3,5,7-9H,4,6H2,1-2H3,(H,27,29). The first-order valence-corrected chi connectivity index (χ1v) is 10.1. The van der Waals surface area contributed by atoms with Gasteiger partial charge in [0.05, 0.1) is 12.8 Å². The molecule has 3 aromatic rings. The monoisotopic (exact) mass is 448 g/mol. The number of halogens is 4. The smallest absolute Gasteiger partial charge is 0.261 e. The van der Waals surface area contributed by atoms with Gasteiger partial charge in [-0.05, 0) is 37.5 Å². The third kappa shape index (κ3) is 3.69. The number of carbonyl (C=O) groups is 1. The number of nitrogens with zero attached hydrogens (tertiary/aromatic N) is 1. The summed E-state index contributed by atoms with van der Waals surface area (Å²) in [4.78, 5) is 18.3. The van der Waals surface area contributed by atoms with Crippen molar-refractivity contribution in [3.63, 3.8) is 0 Å². The summed E-state index contributed by atoms with van der Waals surface area (Å²) in [5.41, 5.74) is 1.05. The zero-order chi connectivity index (χ0) is 22.3. The van der Waals surface area contributed by atoms with Crippen LogP contribution in [0.1, 0.15) is 32.9 Å². The van der Waals surface area contributed by atoms with Crippen molar-refractivity contribution in [3.8, 4) is 16.3 Å². The molecular weight excluding hydrogens is 432 g/mol. The molecular formula is C22H16F4N2O2S. The second-order valence-corrected chi connectivity index (χ2v) is 8.00. The van der Waals surface area contributed by atoms with Gasteiger partial charge >= 0.3 is 0 Å². The summed E-state index contributed by atoms with van der Waals surface area (Å²) >= 11 is 1.52. The molecule has 1 aliphatic rings. The lowest BCUT2D eigenvalue weighted by Crippen LogP contribution is -2.19. The molecule has 160 valence electrons. The Kier molecular flexibility index (Phi) is 5.53. The van der Waals surface area contributed by atoms with Crippen molar-refractivity contribution in [2.75, 3.05) is 12.4 Å². The highest BCUT2D eigenvalue weighted by atomic mass is 32.1. The van der Waals surface area contributed by atoms with Crippen molar-refractivity contribution in [2.24, 2.45) is 0 Å². The predicted molar refractivity (Wildman–Crippen MR) is 110 cm³/mol. The van der Waals surface area contributed by atoms with E-state index in [1.165, 1.54) is 11.3 Å². The number of ether oxygens (including phenoxy) is 1. The highest BCUT2D eigenvalue weighted by Crippen LogP contribution is 2.34. The van der Waals surface area contributed by atoms with Crippen LogP contribution in [0.25, 0.3) is 16.6 Å². The molecule has 1 N–H and O–H groups in total. The third-order valence-corrected chi connectivity index (χ3v) is 6.11. The van der Waals surface area contributed by atoms with Crippen LogP contribution in [0.5, 0.6) is 5.75 Å². The summed E-state index contributed by atoms with van der Waals surface area (Å²) in [6.07, 6.45) is 5.83. The minimum Gasteiger partial charge on any atom is -0.491 e. The van der Waals surface area contributed by atoms with E-state index in [0.29, 0.717) is 11.1 Å². The van der Waals surface area contributed by atoms with Gasteiger partial charge in [0.25, 0.3) is 5.91 Å². The zero-order valence-electron chi connectivity index (χ0n) is 16.5. The molecule has 0 radical (unpaired) electrons. The molecule has 0 atom stereocenters. The van der Waals surface area contributed by atoms with Crippen LogP contribution in [0, 0.1) is 30.2 Å². The number of anilines is 1. The number of fused-ring (bicyclic) bond motifs is 1. The number of nitrogens with one attached hydrogen (secondary N) is 1. The number of hydrogen-bond acceptors (Lipinski definition) is 4. The lowest BCUT2D eigenvalue weighted by atomic mass is 10.1. The Balaban J connectivity index is 1.69. The topological polar surface area (TPSA) is 51.2 Å². The Bertz CT molecular complexity index is 1210. The van der Waals surface area contributed by atoms with E-state index in [-0.39, 0.29) is 5.69 Å². The second kappa shape index (κ2) is 8.14. The van der Waals surface area contributed by atoms with Crippen molar-refractivity contribution in [3.05, 3.63) is 69.2 Å². The number of rotatable bonds is 4. The Morgan fingerprint density at radius 1 is 1.13 bits per heavy atom. The van der Waals surface area contributed by atoms with E-state index in [1.807, 2.05) is 18.2 Å². The van der Waals surface area contributed by atoms with Gasteiger partial charge in [-0.25, -0.2) is 13.8 Å². The van der Waals surface area contributed by atoms with Crippen LogP contribution in [0.2, 0.25) is 0 Å². The number of carbonyl (C=O) groups excluding carboxylic acids is 1. The largest absolute Gasteiger partial charge is 0.491 e. The maximum absolute atomic E-state index is 14.3. The van der Waals surface area contributed by atoms with E-state index in [2.05, 4.69) is 15.0 Å². The summed E-state index contributed by atoms with van der Waals surface area (Å²) in [7, 11) is 0.862. The van der Waals surface area contributed by atoms with E-state index in [1.54, 1.807) is 19.1 Å². The van der Waals surface area contributed by atoms with Gasteiger partial charge in [-0.1, -0.05) is 18.2 Å². The fourth-order valence-electron chi connectivity index (χ4n) is 3.27. The van der Waals surface area contributed by atoms with E-state index in [0.717, 1.165) is 35.5 Å². The molecule has 0 unspecified atom stereocenters. The normalized spacial score (nSPS) is 12.6. The summed E-state index contributed by atoms with van der Waals surface area (Å²) in [5, 5.41) is 3.07. The van der Waals surface area contributed by atoms with Crippen LogP contribution in [0.15, 0.2) is 24.3 Å². The first kappa shape index (κ1) is 21.0. The summed E-state index contributed by atoms with van der Waals surface area (Å²) in [6, 6.07) is 5.13. The van der Waals surface area contributed by atoms with Crippen molar-refractivity contribution in [1.29, 1.82) is 0 Å². The Hall–Kier alpha value is -3.20. The van der Waals surface area contributed by atoms with Crippen LogP contribution < -0.4 is 10.1 Å². The van der Waals surface area contributed by atoms with Crippen LogP contribution in [0.4, 0.5) is 23.2 Å². The highest BCUT2D eigenvalue weighted by molar-refractivity contribution is 7.15. The van der Waals surface area contributed by atoms with Gasteiger partial charge in [-0.3, -0.25) is 4.79 Å². The lowest BCUT2D eigenvalue weighted by Gasteiger charge is -2.13. The van der Waals surface area contributed by atoms with E-state index in [9.17, 15) is 22.4 Å². The number of benzene rings is 2. The fraction of sp³-hybridized carbons (Fsp3) is 0.182. The quantitative estimate of drug-likeness (QED) is 0.400. The number of hydrogen-bond donors (Lipinski definition) is 1. The van der Waals surface area contributed by atoms with E-state index < -0.39 is 40.5 Å². The highest BCUT2D eigenvalue weighted by Gasteiger charge is 2.30. The molecule has 0 aliphatic heterocycles. The van der Waals surface area contributed by atoms with Crippen LogP contribution >= 0.6 is 11.3 Å². The molecule has 0 saturated heterocycles. The Morgan fingerprint density at radius 3 is 2.48 bits per heavy atom. The summed E-state index contributed by atoms with van der Waals surface area (Å²) < 4.78 is 60.9. The predicted octanol–water partition coefficient (Wildman–Crippen LogP) is 5.90. The van der Waals surface area contributed by atoms with Crippen molar-refractivity contribution < 1.29 is 27.1 Å². The summed E-state index contributed by atoms with van der Waals surface area (Å²) in [6.45, 7) is 1.68. The zero-order valence-corrected chi connectivity index (χ0v) is 17.3. The Morgan fingerprint density at radius 2 is 1.84 bits per heavy atom. The van der Waals surface area contributed by atoms with Gasteiger partial charge in [0, 0.05) is 16.1 Å². The molecule has 1 amide bonds. The molecule has 4 rings (SSSR count). The Labute approximate surface area is 179 Å². The van der Waals surface area contributed by atoms with Crippen molar-refractivity contribution in [2.45, 2.75) is 19.8 Å². The maximum atomic E-state index is 14.3. The molecule has 1 aromatic heterocycles. The van der Waals surface area contributed by atoms with Gasteiger partial charge in [0.2, 0.25) is 11.6 Å². The van der Waals surface area contributed by atoms with Gasteiger partial charge in [0.15, 0.2) is 17.4 Å². The second-order valence-electron chi connectivity index (χ2n) is 6.92. The van der Waals surface area contributed by atoms with E-state index in [4.69, 9.17) is 0 Å². The number of amides is 1. The van der Waals surface area contributed by atoms with Crippen molar-refractivity contribution in [1.82, 2.24) is 4.98 Å². The first-order chi connectivity index (χ1) is 14.8. The molecule has 0 saturated carbocycles. The number of allylic oxidation sites excluding steroid dienone is 1. The number of thiazole rings is 1. The van der Waals surface area contributed by atoms with Crippen LogP contribution in [-0.4, -0.2) is 18.0 Å². The van der Waals surface area contributed by atoms with Gasteiger partial charge in [-0.2, -0.15) is 8.78 Å².